The highest BCUT2D eigenvalue weighted by Gasteiger charge is 2.23. The number of guanidine groups is 1. The maximum atomic E-state index is 13.2. The molecule has 9 heteroatoms. The number of halogens is 2. The van der Waals surface area contributed by atoms with Crippen molar-refractivity contribution in [2.45, 2.75) is 32.7 Å². The van der Waals surface area contributed by atoms with Gasteiger partial charge in [-0.25, -0.2) is 18.6 Å². The van der Waals surface area contributed by atoms with Gasteiger partial charge in [0.15, 0.2) is 17.6 Å². The highest BCUT2D eigenvalue weighted by atomic mass is 19.2. The summed E-state index contributed by atoms with van der Waals surface area (Å²) in [5.41, 5.74) is 0. The number of carbonyl (C=O) groups excluding carboxylic acids is 1. The summed E-state index contributed by atoms with van der Waals surface area (Å²) < 4.78 is 36.5. The lowest BCUT2D eigenvalue weighted by Crippen LogP contribution is -2.50. The van der Waals surface area contributed by atoms with Gasteiger partial charge in [-0.3, -0.25) is 0 Å². The van der Waals surface area contributed by atoms with E-state index in [-0.39, 0.29) is 24.5 Å². The minimum absolute atomic E-state index is 0.204. The first-order chi connectivity index (χ1) is 13.5. The zero-order valence-electron chi connectivity index (χ0n) is 16.3. The summed E-state index contributed by atoms with van der Waals surface area (Å²) in [5.74, 6) is -0.924. The quantitative estimate of drug-likeness (QED) is 0.419. The van der Waals surface area contributed by atoms with E-state index in [4.69, 9.17) is 9.47 Å². The molecule has 1 fully saturated rings. The Morgan fingerprint density at radius 3 is 2.64 bits per heavy atom. The number of hydrogen-bond acceptors (Lipinski definition) is 4. The minimum atomic E-state index is -0.940. The molecule has 0 aromatic heterocycles. The lowest BCUT2D eigenvalue weighted by molar-refractivity contribution is 0.0963. The highest BCUT2D eigenvalue weighted by Crippen LogP contribution is 2.15. The second-order valence-corrected chi connectivity index (χ2v) is 6.29. The van der Waals surface area contributed by atoms with Gasteiger partial charge in [0, 0.05) is 31.7 Å². The van der Waals surface area contributed by atoms with E-state index in [0.717, 1.165) is 25.0 Å². The largest absolute Gasteiger partial charge is 0.492 e. The fraction of sp³-hybridized carbons (Fsp3) is 0.579. The van der Waals surface area contributed by atoms with Crippen LogP contribution in [0.5, 0.6) is 5.75 Å². The van der Waals surface area contributed by atoms with E-state index < -0.39 is 11.6 Å². The number of carbonyl (C=O) groups is 1. The van der Waals surface area contributed by atoms with Crippen LogP contribution in [0.25, 0.3) is 0 Å². The van der Waals surface area contributed by atoms with E-state index in [1.165, 1.54) is 6.07 Å². The molecule has 7 nitrogen and oxygen atoms in total. The molecule has 1 aliphatic heterocycles. The molecule has 0 atom stereocenters. The van der Waals surface area contributed by atoms with Crippen molar-refractivity contribution in [1.29, 1.82) is 0 Å². The molecule has 1 heterocycles. The zero-order valence-corrected chi connectivity index (χ0v) is 16.3. The van der Waals surface area contributed by atoms with Crippen LogP contribution < -0.4 is 15.4 Å². The van der Waals surface area contributed by atoms with E-state index in [1.54, 1.807) is 11.8 Å². The average Bonchev–Trinajstić information content (AvgIpc) is 2.68. The Labute approximate surface area is 164 Å². The Kier molecular flexibility index (Phi) is 8.77. The Morgan fingerprint density at radius 2 is 2.00 bits per heavy atom. The second-order valence-electron chi connectivity index (χ2n) is 6.29. The predicted octanol–water partition coefficient (Wildman–Crippen LogP) is 2.52. The van der Waals surface area contributed by atoms with Gasteiger partial charge >= 0.3 is 6.09 Å². The number of aliphatic imine (C=N–C) groups is 1. The van der Waals surface area contributed by atoms with Gasteiger partial charge in [0.05, 0.1) is 13.2 Å². The number of benzene rings is 1. The maximum Gasteiger partial charge on any atom is 0.409 e. The zero-order chi connectivity index (χ0) is 20.4. The monoisotopic (exact) mass is 398 g/mol. The molecule has 0 saturated carbocycles. The van der Waals surface area contributed by atoms with Crippen molar-refractivity contribution in [2.24, 2.45) is 4.99 Å². The average molecular weight is 398 g/mol. The summed E-state index contributed by atoms with van der Waals surface area (Å²) in [6.07, 6.45) is 1.33. The third-order valence-electron chi connectivity index (χ3n) is 4.23. The van der Waals surface area contributed by atoms with Gasteiger partial charge < -0.3 is 25.0 Å². The van der Waals surface area contributed by atoms with Crippen LogP contribution >= 0.6 is 0 Å². The molecule has 2 N–H and O–H groups in total. The summed E-state index contributed by atoms with van der Waals surface area (Å²) in [6, 6.07) is 3.63. The fourth-order valence-electron chi connectivity index (χ4n) is 2.82. The molecule has 1 aromatic rings. The standard InChI is InChI=1S/C19H28F2N4O3/c1-3-22-18(23-9-12-28-15-5-6-16(20)17(21)13-15)24-14-7-10-25(11-8-14)19(26)27-4-2/h5-6,13-14H,3-4,7-12H2,1-2H3,(H2,22,23,24). The molecule has 0 aliphatic carbocycles. The normalized spacial score (nSPS) is 15.3. The number of hydrogen-bond donors (Lipinski definition) is 2. The maximum absolute atomic E-state index is 13.2. The lowest BCUT2D eigenvalue weighted by Gasteiger charge is -2.32. The number of piperidine rings is 1. The van der Waals surface area contributed by atoms with Crippen LogP contribution in [0.15, 0.2) is 23.2 Å². The van der Waals surface area contributed by atoms with Gasteiger partial charge in [0.2, 0.25) is 0 Å². The van der Waals surface area contributed by atoms with Crippen molar-refractivity contribution < 1.29 is 23.0 Å². The van der Waals surface area contributed by atoms with Crippen LogP contribution in [0.1, 0.15) is 26.7 Å². The fourth-order valence-corrected chi connectivity index (χ4v) is 2.82. The number of nitrogens with zero attached hydrogens (tertiary/aromatic N) is 2. The van der Waals surface area contributed by atoms with Crippen LogP contribution in [-0.2, 0) is 4.74 Å². The lowest BCUT2D eigenvalue weighted by atomic mass is 10.1. The number of nitrogens with one attached hydrogen (secondary N) is 2. The smallest absolute Gasteiger partial charge is 0.409 e. The minimum Gasteiger partial charge on any atom is -0.492 e. The van der Waals surface area contributed by atoms with Crippen LogP contribution in [-0.4, -0.2) is 62.4 Å². The first-order valence-corrected chi connectivity index (χ1v) is 9.57. The number of likely N-dealkylation sites (tertiary alicyclic amines) is 1. The van der Waals surface area contributed by atoms with E-state index in [0.29, 0.717) is 38.7 Å². The topological polar surface area (TPSA) is 75.2 Å². The molecule has 1 amide bonds. The third kappa shape index (κ3) is 6.86. The number of rotatable bonds is 7. The molecule has 28 heavy (non-hydrogen) atoms. The van der Waals surface area contributed by atoms with Crippen LogP contribution in [0.2, 0.25) is 0 Å². The molecule has 0 bridgehead atoms. The molecule has 2 rings (SSSR count). The van der Waals surface area contributed by atoms with E-state index in [1.807, 2.05) is 6.92 Å². The Hall–Kier alpha value is -2.58. The third-order valence-corrected chi connectivity index (χ3v) is 4.23. The summed E-state index contributed by atoms with van der Waals surface area (Å²) in [4.78, 5) is 17.9. The Bertz CT molecular complexity index is 665. The second kappa shape index (κ2) is 11.3. The molecule has 156 valence electrons. The molecular formula is C19H28F2N4O3. The number of ether oxygens (including phenoxy) is 2. The van der Waals surface area contributed by atoms with Crippen LogP contribution in [0, 0.1) is 11.6 Å². The Balaban J connectivity index is 1.77. The van der Waals surface area contributed by atoms with Crippen LogP contribution in [0.4, 0.5) is 13.6 Å². The molecule has 1 aromatic carbocycles. The van der Waals surface area contributed by atoms with Crippen molar-refractivity contribution >= 4 is 12.1 Å². The van der Waals surface area contributed by atoms with Gasteiger partial charge in [-0.05, 0) is 38.8 Å². The Morgan fingerprint density at radius 1 is 1.25 bits per heavy atom. The van der Waals surface area contributed by atoms with Gasteiger partial charge in [-0.15, -0.1) is 0 Å². The van der Waals surface area contributed by atoms with E-state index in [9.17, 15) is 13.6 Å². The van der Waals surface area contributed by atoms with Crippen molar-refractivity contribution in [3.63, 3.8) is 0 Å². The van der Waals surface area contributed by atoms with Gasteiger partial charge in [0.1, 0.15) is 12.4 Å². The highest BCUT2D eigenvalue weighted by molar-refractivity contribution is 5.80. The molecular weight excluding hydrogens is 370 g/mol. The van der Waals surface area contributed by atoms with Crippen molar-refractivity contribution in [3.05, 3.63) is 29.8 Å². The predicted molar refractivity (Wildman–Crippen MR) is 103 cm³/mol. The van der Waals surface area contributed by atoms with Crippen molar-refractivity contribution in [1.82, 2.24) is 15.5 Å². The van der Waals surface area contributed by atoms with E-state index >= 15 is 0 Å². The van der Waals surface area contributed by atoms with Crippen molar-refractivity contribution in [3.8, 4) is 5.75 Å². The van der Waals surface area contributed by atoms with Gasteiger partial charge in [-0.2, -0.15) is 0 Å². The molecule has 0 unspecified atom stereocenters. The van der Waals surface area contributed by atoms with Crippen LogP contribution in [0.3, 0.4) is 0 Å². The SMILES string of the molecule is CCNC(=NCCOc1ccc(F)c(F)c1)NC1CCN(C(=O)OCC)CC1. The summed E-state index contributed by atoms with van der Waals surface area (Å²) in [7, 11) is 0. The summed E-state index contributed by atoms with van der Waals surface area (Å²) in [6.45, 7) is 6.71. The number of amides is 1. The van der Waals surface area contributed by atoms with Gasteiger partial charge in [-0.1, -0.05) is 0 Å². The molecule has 0 radical (unpaired) electrons. The molecule has 1 aliphatic rings. The summed E-state index contributed by atoms with van der Waals surface area (Å²) >= 11 is 0. The molecule has 0 spiro atoms. The van der Waals surface area contributed by atoms with Gasteiger partial charge in [0.25, 0.3) is 0 Å². The first-order valence-electron chi connectivity index (χ1n) is 9.57. The first kappa shape index (κ1) is 21.7. The van der Waals surface area contributed by atoms with E-state index in [2.05, 4.69) is 15.6 Å². The van der Waals surface area contributed by atoms with Crippen molar-refractivity contribution in [2.75, 3.05) is 39.4 Å². The molecule has 1 saturated heterocycles. The summed E-state index contributed by atoms with van der Waals surface area (Å²) in [5, 5.41) is 6.53.